The van der Waals surface area contributed by atoms with Crippen LogP contribution in [-0.2, 0) is 13.2 Å². The fraction of sp³-hybridized carbons (Fsp3) is 0.120. The van der Waals surface area contributed by atoms with E-state index in [4.69, 9.17) is 51.1 Å². The van der Waals surface area contributed by atoms with Gasteiger partial charge in [0.15, 0.2) is 5.82 Å². The predicted octanol–water partition coefficient (Wildman–Crippen LogP) is 7.68. The van der Waals surface area contributed by atoms with Gasteiger partial charge in [-0.2, -0.15) is 5.10 Å². The third kappa shape index (κ3) is 5.86. The van der Waals surface area contributed by atoms with Crippen LogP contribution in [0.5, 0.6) is 5.75 Å². The number of rotatable bonds is 7. The van der Waals surface area contributed by atoms with E-state index in [2.05, 4.69) is 10.4 Å². The Balaban J connectivity index is 1.39. The first-order valence-corrected chi connectivity index (χ1v) is 11.8. The summed E-state index contributed by atoms with van der Waals surface area (Å²) in [6, 6.07) is 17.9. The molecule has 0 atom stereocenters. The summed E-state index contributed by atoms with van der Waals surface area (Å²) in [4.78, 5) is 12.7. The topological polar surface area (TPSA) is 56.1 Å². The molecule has 0 spiro atoms. The molecule has 3 aromatic carbocycles. The maximum absolute atomic E-state index is 12.7. The number of carbonyl (C=O) groups excluding carboxylic acids is 1. The number of ether oxygens (including phenoxy) is 1. The van der Waals surface area contributed by atoms with Crippen LogP contribution in [0.25, 0.3) is 0 Å². The lowest BCUT2D eigenvalue weighted by molar-refractivity contribution is 0.102. The first kappa shape index (κ1) is 24.4. The Morgan fingerprint density at radius 1 is 0.941 bits per heavy atom. The molecule has 4 rings (SSSR count). The number of hydrogen-bond donors (Lipinski definition) is 1. The van der Waals surface area contributed by atoms with Crippen LogP contribution in [0.3, 0.4) is 0 Å². The number of nitrogens with zero attached hydrogens (tertiary/aromatic N) is 2. The molecule has 9 heteroatoms. The van der Waals surface area contributed by atoms with Gasteiger partial charge in [0.25, 0.3) is 5.91 Å². The number of halogens is 4. The molecule has 0 fully saturated rings. The minimum absolute atomic E-state index is 0.247. The second-order valence-electron chi connectivity index (χ2n) is 7.60. The van der Waals surface area contributed by atoms with Gasteiger partial charge in [-0.15, -0.1) is 0 Å². The summed E-state index contributed by atoms with van der Waals surface area (Å²) >= 11 is 24.9. The highest BCUT2D eigenvalue weighted by molar-refractivity contribution is 6.36. The van der Waals surface area contributed by atoms with Crippen molar-refractivity contribution in [3.8, 4) is 5.75 Å². The lowest BCUT2D eigenvalue weighted by Crippen LogP contribution is -2.13. The van der Waals surface area contributed by atoms with E-state index in [1.165, 1.54) is 0 Å². The molecule has 0 aliphatic rings. The summed E-state index contributed by atoms with van der Waals surface area (Å²) in [5.74, 6) is 0.528. The van der Waals surface area contributed by atoms with E-state index in [1.54, 1.807) is 47.3 Å². The number of nitrogens with one attached hydrogen (secondary N) is 1. The third-order valence-electron chi connectivity index (χ3n) is 5.03. The minimum atomic E-state index is -0.336. The molecule has 34 heavy (non-hydrogen) atoms. The molecule has 0 bridgehead atoms. The molecule has 0 saturated carbocycles. The minimum Gasteiger partial charge on any atom is -0.487 e. The molecule has 1 aromatic heterocycles. The Bertz CT molecular complexity index is 1320. The summed E-state index contributed by atoms with van der Waals surface area (Å²) in [5.41, 5.74) is 3.13. The number of carbonyl (C=O) groups is 1. The van der Waals surface area contributed by atoms with E-state index in [0.717, 1.165) is 11.1 Å². The molecule has 5 nitrogen and oxygen atoms in total. The summed E-state index contributed by atoms with van der Waals surface area (Å²) in [5, 5.41) is 8.99. The molecule has 0 radical (unpaired) electrons. The van der Waals surface area contributed by atoms with Gasteiger partial charge in [0.05, 0.1) is 11.6 Å². The molecule has 0 saturated heterocycles. The summed E-state index contributed by atoms with van der Waals surface area (Å²) in [6.07, 6.45) is 1.60. The van der Waals surface area contributed by atoms with Gasteiger partial charge in [-0.1, -0.05) is 70.7 Å². The maximum Gasteiger partial charge on any atom is 0.256 e. The highest BCUT2D eigenvalue weighted by Gasteiger charge is 2.14. The second kappa shape index (κ2) is 10.7. The third-order valence-corrected chi connectivity index (χ3v) is 6.33. The molecule has 0 unspecified atom stereocenters. The zero-order valence-electron chi connectivity index (χ0n) is 18.0. The normalized spacial score (nSPS) is 10.9. The quantitative estimate of drug-likeness (QED) is 0.264. The van der Waals surface area contributed by atoms with Gasteiger partial charge in [0.1, 0.15) is 17.4 Å². The molecule has 174 valence electrons. The average molecular weight is 535 g/mol. The Kier molecular flexibility index (Phi) is 7.69. The SMILES string of the molecule is Cc1ccc(Cl)c(OCc2ccc(C(=O)Nc3nn(Cc4c(Cl)cccc4Cl)cc3Cl)cc2)c1. The largest absolute Gasteiger partial charge is 0.487 e. The molecule has 0 aliphatic carbocycles. The van der Waals surface area contributed by atoms with Crippen LogP contribution in [0.4, 0.5) is 5.82 Å². The Labute approximate surface area is 217 Å². The Morgan fingerprint density at radius 2 is 1.65 bits per heavy atom. The van der Waals surface area contributed by atoms with Crippen molar-refractivity contribution in [2.24, 2.45) is 0 Å². The van der Waals surface area contributed by atoms with Gasteiger partial charge >= 0.3 is 0 Å². The molecule has 1 amide bonds. The number of aromatic nitrogens is 2. The highest BCUT2D eigenvalue weighted by atomic mass is 35.5. The fourth-order valence-corrected chi connectivity index (χ4v) is 4.11. The van der Waals surface area contributed by atoms with Gasteiger partial charge < -0.3 is 10.1 Å². The number of anilines is 1. The van der Waals surface area contributed by atoms with Gasteiger partial charge in [0, 0.05) is 27.4 Å². The lowest BCUT2D eigenvalue weighted by Gasteiger charge is -2.09. The number of aryl methyl sites for hydroxylation is 1. The Hall–Kier alpha value is -2.70. The molecule has 0 aliphatic heterocycles. The maximum atomic E-state index is 12.7. The monoisotopic (exact) mass is 533 g/mol. The molecular weight excluding hydrogens is 516 g/mol. The van der Waals surface area contributed by atoms with Crippen molar-refractivity contribution in [2.45, 2.75) is 20.1 Å². The first-order valence-electron chi connectivity index (χ1n) is 10.3. The smallest absolute Gasteiger partial charge is 0.256 e. The van der Waals surface area contributed by atoms with Crippen LogP contribution in [0.2, 0.25) is 20.1 Å². The van der Waals surface area contributed by atoms with Crippen molar-refractivity contribution in [2.75, 3.05) is 5.32 Å². The average Bonchev–Trinajstić information content (AvgIpc) is 3.16. The zero-order chi connectivity index (χ0) is 24.2. The van der Waals surface area contributed by atoms with Gasteiger partial charge in [-0.05, 0) is 54.4 Å². The van der Waals surface area contributed by atoms with E-state index >= 15 is 0 Å². The van der Waals surface area contributed by atoms with Crippen LogP contribution in [-0.4, -0.2) is 15.7 Å². The number of hydrogen-bond acceptors (Lipinski definition) is 3. The summed E-state index contributed by atoms with van der Waals surface area (Å²) < 4.78 is 7.37. The van der Waals surface area contributed by atoms with Crippen molar-refractivity contribution in [1.29, 1.82) is 0 Å². The van der Waals surface area contributed by atoms with Crippen LogP contribution in [0, 0.1) is 6.92 Å². The number of amides is 1. The van der Waals surface area contributed by atoms with Crippen LogP contribution in [0.1, 0.15) is 27.0 Å². The fourth-order valence-electron chi connectivity index (χ4n) is 3.22. The standard InChI is InChI=1S/C25H19Cl4N3O2/c1-15-5-10-21(28)23(11-15)34-14-16-6-8-17(9-7-16)25(33)30-24-22(29)13-32(31-24)12-18-19(26)3-2-4-20(18)27/h2-11,13H,12,14H2,1H3,(H,30,31,33). The van der Waals surface area contributed by atoms with Crippen molar-refractivity contribution < 1.29 is 9.53 Å². The van der Waals surface area contributed by atoms with E-state index in [9.17, 15) is 4.79 Å². The van der Waals surface area contributed by atoms with Crippen molar-refractivity contribution in [3.05, 3.63) is 109 Å². The first-order chi connectivity index (χ1) is 16.3. The van der Waals surface area contributed by atoms with E-state index < -0.39 is 0 Å². The lowest BCUT2D eigenvalue weighted by atomic mass is 10.1. The van der Waals surface area contributed by atoms with Crippen molar-refractivity contribution in [3.63, 3.8) is 0 Å². The molecule has 1 N–H and O–H groups in total. The van der Waals surface area contributed by atoms with E-state index in [-0.39, 0.29) is 11.7 Å². The van der Waals surface area contributed by atoms with Gasteiger partial charge in [0.2, 0.25) is 0 Å². The van der Waals surface area contributed by atoms with Crippen LogP contribution in [0.15, 0.2) is 66.9 Å². The molecular formula is C25H19Cl4N3O2. The summed E-state index contributed by atoms with van der Waals surface area (Å²) in [7, 11) is 0. The van der Waals surface area contributed by atoms with Crippen molar-refractivity contribution in [1.82, 2.24) is 9.78 Å². The van der Waals surface area contributed by atoms with Gasteiger partial charge in [-0.3, -0.25) is 9.48 Å². The second-order valence-corrected chi connectivity index (χ2v) is 9.23. The summed E-state index contributed by atoms with van der Waals surface area (Å²) in [6.45, 7) is 2.61. The number of benzene rings is 3. The van der Waals surface area contributed by atoms with E-state index in [0.29, 0.717) is 50.1 Å². The molecule has 1 heterocycles. The Morgan fingerprint density at radius 3 is 2.35 bits per heavy atom. The van der Waals surface area contributed by atoms with Gasteiger partial charge in [-0.25, -0.2) is 0 Å². The highest BCUT2D eigenvalue weighted by Crippen LogP contribution is 2.28. The van der Waals surface area contributed by atoms with Crippen molar-refractivity contribution >= 4 is 58.1 Å². The van der Waals surface area contributed by atoms with Crippen LogP contribution >= 0.6 is 46.4 Å². The zero-order valence-corrected chi connectivity index (χ0v) is 21.0. The van der Waals surface area contributed by atoms with Crippen LogP contribution < -0.4 is 10.1 Å². The molecule has 4 aromatic rings. The van der Waals surface area contributed by atoms with E-state index in [1.807, 2.05) is 31.2 Å². The predicted molar refractivity (Wildman–Crippen MR) is 138 cm³/mol.